The molecule has 1 aromatic rings. The molecule has 76 valence electrons. The normalized spacial score (nSPS) is 8.64. The largest absolute Gasteiger partial charge is 0.491 e. The molecule has 0 spiro atoms. The lowest BCUT2D eigenvalue weighted by Crippen LogP contribution is -2.11. The maximum Gasteiger partial charge on any atom is 0.137 e. The summed E-state index contributed by atoms with van der Waals surface area (Å²) < 4.78 is 17.7. The molecular weight excluding hydrogens is 207 g/mol. The van der Waals surface area contributed by atoms with E-state index in [1.807, 2.05) is 6.07 Å². The highest BCUT2D eigenvalue weighted by Gasteiger charge is 2.03. The quantitative estimate of drug-likeness (QED) is 0.832. The van der Waals surface area contributed by atoms with Crippen molar-refractivity contribution in [2.45, 2.75) is 0 Å². The first-order valence-corrected chi connectivity index (χ1v) is 3.80. The Labute approximate surface area is 87.7 Å². The van der Waals surface area contributed by atoms with Crippen molar-refractivity contribution in [1.82, 2.24) is 0 Å². The molecule has 2 N–H and O–H groups in total. The second-order valence-corrected chi connectivity index (χ2v) is 2.39. The highest BCUT2D eigenvalue weighted by Crippen LogP contribution is 2.18. The monoisotopic (exact) mass is 216 g/mol. The molecular formula is C9H10ClFN2O. The van der Waals surface area contributed by atoms with Crippen LogP contribution in [0.25, 0.3) is 0 Å². The minimum Gasteiger partial charge on any atom is -0.491 e. The van der Waals surface area contributed by atoms with Crippen LogP contribution in [-0.2, 0) is 0 Å². The van der Waals surface area contributed by atoms with Crippen molar-refractivity contribution in [1.29, 1.82) is 5.26 Å². The summed E-state index contributed by atoms with van der Waals surface area (Å²) in [7, 11) is 0. The number of halogens is 2. The molecule has 5 heteroatoms. The Morgan fingerprint density at radius 2 is 2.21 bits per heavy atom. The molecule has 1 rings (SSSR count). The van der Waals surface area contributed by atoms with Crippen molar-refractivity contribution < 1.29 is 9.13 Å². The average Bonchev–Trinajstić information content (AvgIpc) is 2.16. The number of nitrogens with zero attached hydrogens (tertiary/aromatic N) is 1. The molecule has 0 saturated carbocycles. The van der Waals surface area contributed by atoms with Gasteiger partial charge in [0.05, 0.1) is 5.56 Å². The van der Waals surface area contributed by atoms with Gasteiger partial charge in [0, 0.05) is 6.54 Å². The Bertz CT molecular complexity index is 338. The molecule has 3 nitrogen and oxygen atoms in total. The highest BCUT2D eigenvalue weighted by molar-refractivity contribution is 5.85. The van der Waals surface area contributed by atoms with Gasteiger partial charge in [0.15, 0.2) is 0 Å². The maximum absolute atomic E-state index is 12.6. The standard InChI is InChI=1S/C9H9FN2O.ClH/c10-8-1-2-9(13-4-3-11)7(5-8)6-12;/h1-2,5H,3-4,11H2;1H. The molecule has 0 atom stereocenters. The predicted molar refractivity (Wildman–Crippen MR) is 52.9 cm³/mol. The molecule has 0 amide bonds. The van der Waals surface area contributed by atoms with Gasteiger partial charge >= 0.3 is 0 Å². The molecule has 0 aliphatic rings. The summed E-state index contributed by atoms with van der Waals surface area (Å²) in [5, 5.41) is 8.61. The van der Waals surface area contributed by atoms with Gasteiger partial charge in [0.25, 0.3) is 0 Å². The van der Waals surface area contributed by atoms with Crippen LogP contribution in [0.4, 0.5) is 4.39 Å². The maximum atomic E-state index is 12.6. The van der Waals surface area contributed by atoms with Gasteiger partial charge in [0.1, 0.15) is 24.2 Å². The first kappa shape index (κ1) is 12.7. The molecule has 0 radical (unpaired) electrons. The van der Waals surface area contributed by atoms with Crippen LogP contribution in [0.3, 0.4) is 0 Å². The summed E-state index contributed by atoms with van der Waals surface area (Å²) in [5.41, 5.74) is 5.40. The number of benzene rings is 1. The van der Waals surface area contributed by atoms with Gasteiger partial charge in [-0.25, -0.2) is 4.39 Å². The lowest BCUT2D eigenvalue weighted by Gasteiger charge is -2.05. The second kappa shape index (κ2) is 6.19. The lowest BCUT2D eigenvalue weighted by atomic mass is 10.2. The van der Waals surface area contributed by atoms with Crippen molar-refractivity contribution in [2.75, 3.05) is 13.2 Å². The van der Waals surface area contributed by atoms with Crippen LogP contribution in [0.15, 0.2) is 18.2 Å². The van der Waals surface area contributed by atoms with Gasteiger partial charge in [-0.2, -0.15) is 5.26 Å². The van der Waals surface area contributed by atoms with Gasteiger partial charge in [-0.1, -0.05) is 0 Å². The summed E-state index contributed by atoms with van der Waals surface area (Å²) in [4.78, 5) is 0. The molecule has 0 aliphatic carbocycles. The minimum atomic E-state index is -0.448. The summed E-state index contributed by atoms with van der Waals surface area (Å²) in [5.74, 6) is -0.0778. The van der Waals surface area contributed by atoms with Gasteiger partial charge < -0.3 is 10.5 Å². The van der Waals surface area contributed by atoms with Crippen LogP contribution in [-0.4, -0.2) is 13.2 Å². The van der Waals surface area contributed by atoms with E-state index in [0.29, 0.717) is 18.9 Å². The fraction of sp³-hybridized carbons (Fsp3) is 0.222. The molecule has 1 aromatic carbocycles. The molecule has 0 unspecified atom stereocenters. The molecule has 0 bridgehead atoms. The zero-order chi connectivity index (χ0) is 9.68. The van der Waals surface area contributed by atoms with Gasteiger partial charge in [0.2, 0.25) is 0 Å². The highest BCUT2D eigenvalue weighted by atomic mass is 35.5. The Balaban J connectivity index is 0.00000169. The van der Waals surface area contributed by atoms with Gasteiger partial charge in [-0.05, 0) is 18.2 Å². The average molecular weight is 217 g/mol. The second-order valence-electron chi connectivity index (χ2n) is 2.39. The Morgan fingerprint density at radius 3 is 2.79 bits per heavy atom. The van der Waals surface area contributed by atoms with Crippen LogP contribution in [0.5, 0.6) is 5.75 Å². The van der Waals surface area contributed by atoms with Crippen molar-refractivity contribution in [3.05, 3.63) is 29.6 Å². The van der Waals surface area contributed by atoms with E-state index in [1.54, 1.807) is 0 Å². The number of hydrogen-bond donors (Lipinski definition) is 1. The molecule has 0 aromatic heterocycles. The first-order chi connectivity index (χ1) is 6.27. The smallest absolute Gasteiger partial charge is 0.137 e. The zero-order valence-electron chi connectivity index (χ0n) is 7.37. The third kappa shape index (κ3) is 3.21. The van der Waals surface area contributed by atoms with Crippen molar-refractivity contribution in [3.63, 3.8) is 0 Å². The van der Waals surface area contributed by atoms with E-state index in [-0.39, 0.29) is 18.0 Å². The third-order valence-corrected chi connectivity index (χ3v) is 1.44. The van der Waals surface area contributed by atoms with E-state index in [0.717, 1.165) is 6.07 Å². The van der Waals surface area contributed by atoms with E-state index in [1.165, 1.54) is 12.1 Å². The number of nitrogens with two attached hydrogens (primary N) is 1. The topological polar surface area (TPSA) is 59.0 Å². The first-order valence-electron chi connectivity index (χ1n) is 3.80. The van der Waals surface area contributed by atoms with E-state index in [4.69, 9.17) is 15.7 Å². The van der Waals surface area contributed by atoms with Gasteiger partial charge in [-0.15, -0.1) is 12.4 Å². The molecule has 0 aliphatic heterocycles. The molecule has 0 heterocycles. The fourth-order valence-electron chi connectivity index (χ4n) is 0.884. The fourth-order valence-corrected chi connectivity index (χ4v) is 0.884. The zero-order valence-corrected chi connectivity index (χ0v) is 8.18. The number of rotatable bonds is 3. The third-order valence-electron chi connectivity index (χ3n) is 1.44. The molecule has 14 heavy (non-hydrogen) atoms. The Hall–Kier alpha value is -1.31. The van der Waals surface area contributed by atoms with Crippen LogP contribution in [0.1, 0.15) is 5.56 Å². The Morgan fingerprint density at radius 1 is 1.50 bits per heavy atom. The number of ether oxygens (including phenoxy) is 1. The summed E-state index contributed by atoms with van der Waals surface area (Å²) in [6.07, 6.45) is 0. The van der Waals surface area contributed by atoms with E-state index >= 15 is 0 Å². The Kier molecular flexibility index (Phi) is 5.61. The summed E-state index contributed by atoms with van der Waals surface area (Å²) >= 11 is 0. The summed E-state index contributed by atoms with van der Waals surface area (Å²) in [6.45, 7) is 0.683. The van der Waals surface area contributed by atoms with Crippen LogP contribution in [0.2, 0.25) is 0 Å². The van der Waals surface area contributed by atoms with E-state index in [2.05, 4.69) is 0 Å². The van der Waals surface area contributed by atoms with E-state index in [9.17, 15) is 4.39 Å². The van der Waals surface area contributed by atoms with Crippen molar-refractivity contribution >= 4 is 12.4 Å². The predicted octanol–water partition coefficient (Wildman–Crippen LogP) is 1.46. The molecule has 0 saturated heterocycles. The number of nitriles is 1. The van der Waals surface area contributed by atoms with Crippen molar-refractivity contribution in [2.24, 2.45) is 5.73 Å². The van der Waals surface area contributed by atoms with E-state index < -0.39 is 5.82 Å². The lowest BCUT2D eigenvalue weighted by molar-refractivity contribution is 0.327. The summed E-state index contributed by atoms with van der Waals surface area (Å²) in [6, 6.07) is 5.63. The van der Waals surface area contributed by atoms with Crippen LogP contribution >= 0.6 is 12.4 Å². The van der Waals surface area contributed by atoms with Gasteiger partial charge in [-0.3, -0.25) is 0 Å². The minimum absolute atomic E-state index is 0. The van der Waals surface area contributed by atoms with Crippen LogP contribution in [0, 0.1) is 17.1 Å². The SMILES string of the molecule is Cl.N#Cc1cc(F)ccc1OCCN. The number of hydrogen-bond acceptors (Lipinski definition) is 3. The molecule has 0 fully saturated rings. The van der Waals surface area contributed by atoms with Crippen molar-refractivity contribution in [3.8, 4) is 11.8 Å². The van der Waals surface area contributed by atoms with Crippen LogP contribution < -0.4 is 10.5 Å².